The second-order valence-electron chi connectivity index (χ2n) is 6.67. The van der Waals surface area contributed by atoms with Gasteiger partial charge in [0.2, 0.25) is 0 Å². The summed E-state index contributed by atoms with van der Waals surface area (Å²) in [7, 11) is 0. The number of phenols is 1. The van der Waals surface area contributed by atoms with Crippen LogP contribution in [-0.2, 0) is 5.33 Å². The molecule has 0 unspecified atom stereocenters. The lowest BCUT2D eigenvalue weighted by molar-refractivity contribution is 0.478. The predicted octanol–water partition coefficient (Wildman–Crippen LogP) is 6.14. The average Bonchev–Trinajstić information content (AvgIpc) is 3.40. The molecule has 0 aliphatic carbocycles. The molecule has 0 saturated heterocycles. The molecule has 2 aromatic heterocycles. The minimum absolute atomic E-state index is 0.153. The van der Waals surface area contributed by atoms with Gasteiger partial charge < -0.3 is 19.7 Å². The van der Waals surface area contributed by atoms with Gasteiger partial charge in [0.15, 0.2) is 24.0 Å². The number of benzene rings is 3. The molecule has 0 bridgehead atoms. The van der Waals surface area contributed by atoms with Gasteiger partial charge >= 0.3 is 0 Å². The summed E-state index contributed by atoms with van der Waals surface area (Å²) in [6.07, 6.45) is 2.92. The van der Waals surface area contributed by atoms with E-state index < -0.39 is 0 Å². The van der Waals surface area contributed by atoms with E-state index in [0.717, 1.165) is 33.1 Å². The number of rotatable bonds is 1. The number of nitrogens with zero attached hydrogens (tertiary/aromatic N) is 2. The van der Waals surface area contributed by atoms with Crippen molar-refractivity contribution < 1.29 is 13.9 Å². The van der Waals surface area contributed by atoms with E-state index in [2.05, 4.69) is 25.9 Å². The van der Waals surface area contributed by atoms with Gasteiger partial charge in [0.05, 0.1) is 5.69 Å². The number of aromatic nitrogens is 2. The fourth-order valence-electron chi connectivity index (χ4n) is 2.63. The number of aryl methyl sites for hydroxylation is 2. The van der Waals surface area contributed by atoms with Gasteiger partial charge in [0, 0.05) is 5.33 Å². The van der Waals surface area contributed by atoms with Gasteiger partial charge in [0.1, 0.15) is 16.8 Å². The van der Waals surface area contributed by atoms with E-state index in [0.29, 0.717) is 5.69 Å². The topological polar surface area (TPSA) is 98.3 Å². The lowest BCUT2D eigenvalue weighted by Crippen LogP contribution is -1.85. The number of phenolic OH excluding ortho intramolecular Hbond substituents is 1. The molecular weight excluding hydrogens is 446 g/mol. The number of anilines is 1. The molecule has 0 radical (unpaired) electrons. The molecule has 0 fully saturated rings. The fourth-order valence-corrected chi connectivity index (χ4v) is 2.98. The lowest BCUT2D eigenvalue weighted by Gasteiger charge is -1.97. The summed E-state index contributed by atoms with van der Waals surface area (Å²) in [5, 5.41) is 9.78. The maximum atomic E-state index is 8.92. The van der Waals surface area contributed by atoms with E-state index in [1.54, 1.807) is 12.1 Å². The third kappa shape index (κ3) is 5.61. The third-order valence-corrected chi connectivity index (χ3v) is 4.87. The second kappa shape index (κ2) is 9.93. The van der Waals surface area contributed by atoms with Crippen LogP contribution in [-0.4, -0.2) is 15.1 Å². The fraction of sp³-hybridized carbons (Fsp3) is 0.130. The van der Waals surface area contributed by atoms with Crippen LogP contribution in [0.1, 0.15) is 16.7 Å². The Morgan fingerprint density at radius 2 is 1.40 bits per heavy atom. The zero-order valence-corrected chi connectivity index (χ0v) is 18.3. The molecule has 30 heavy (non-hydrogen) atoms. The number of aromatic hydroxyl groups is 1. The number of oxazole rings is 2. The lowest BCUT2D eigenvalue weighted by atomic mass is 10.2. The van der Waals surface area contributed by atoms with Gasteiger partial charge in [-0.2, -0.15) is 0 Å². The maximum Gasteiger partial charge on any atom is 0.181 e. The van der Waals surface area contributed by atoms with Crippen molar-refractivity contribution in [1.29, 1.82) is 0 Å². The number of halogens is 1. The van der Waals surface area contributed by atoms with Gasteiger partial charge in [-0.3, -0.25) is 0 Å². The van der Waals surface area contributed by atoms with Crippen LogP contribution in [0.25, 0.3) is 22.2 Å². The minimum atomic E-state index is 0.153. The van der Waals surface area contributed by atoms with E-state index in [9.17, 15) is 0 Å². The van der Waals surface area contributed by atoms with Gasteiger partial charge in [-0.25, -0.2) is 9.97 Å². The van der Waals surface area contributed by atoms with Crippen LogP contribution in [0.4, 0.5) is 5.69 Å². The van der Waals surface area contributed by atoms with Gasteiger partial charge in [-0.1, -0.05) is 34.1 Å². The summed E-state index contributed by atoms with van der Waals surface area (Å²) >= 11 is 3.37. The molecule has 3 N–H and O–H groups in total. The van der Waals surface area contributed by atoms with Crippen molar-refractivity contribution in [3.63, 3.8) is 0 Å². The molecule has 0 aliphatic heterocycles. The molecule has 0 atom stereocenters. The predicted molar refractivity (Wildman–Crippen MR) is 123 cm³/mol. The van der Waals surface area contributed by atoms with Crippen LogP contribution in [0.3, 0.4) is 0 Å². The Labute approximate surface area is 182 Å². The molecule has 5 rings (SSSR count). The second-order valence-corrected chi connectivity index (χ2v) is 7.23. The molecule has 2 heterocycles. The first kappa shape index (κ1) is 21.4. The molecule has 5 aromatic rings. The maximum absolute atomic E-state index is 8.92. The smallest absolute Gasteiger partial charge is 0.181 e. The van der Waals surface area contributed by atoms with Crippen LogP contribution in [0, 0.1) is 13.8 Å². The Kier molecular flexibility index (Phi) is 7.08. The Balaban J connectivity index is 0.000000129. The van der Waals surface area contributed by atoms with Crippen molar-refractivity contribution in [2.75, 3.05) is 5.73 Å². The number of nitrogens with two attached hydrogens (primary N) is 1. The number of alkyl halides is 1. The molecule has 0 spiro atoms. The summed E-state index contributed by atoms with van der Waals surface area (Å²) < 4.78 is 10.2. The quantitative estimate of drug-likeness (QED) is 0.174. The van der Waals surface area contributed by atoms with Crippen LogP contribution < -0.4 is 5.73 Å². The Hall–Kier alpha value is -3.32. The molecule has 3 aromatic carbocycles. The average molecular weight is 468 g/mol. The van der Waals surface area contributed by atoms with Crippen molar-refractivity contribution in [1.82, 2.24) is 9.97 Å². The highest BCUT2D eigenvalue weighted by Crippen LogP contribution is 2.19. The summed E-state index contributed by atoms with van der Waals surface area (Å²) in [6.45, 7) is 3.96. The van der Waals surface area contributed by atoms with E-state index >= 15 is 0 Å². The summed E-state index contributed by atoms with van der Waals surface area (Å²) in [5.41, 5.74) is 12.8. The van der Waals surface area contributed by atoms with Crippen molar-refractivity contribution in [2.45, 2.75) is 19.2 Å². The zero-order valence-electron chi connectivity index (χ0n) is 16.7. The molecule has 7 heteroatoms. The van der Waals surface area contributed by atoms with Crippen LogP contribution in [0.5, 0.6) is 5.75 Å². The molecule has 0 aliphatic rings. The van der Waals surface area contributed by atoms with Crippen molar-refractivity contribution in [2.24, 2.45) is 0 Å². The molecule has 6 nitrogen and oxygen atoms in total. The van der Waals surface area contributed by atoms with Gasteiger partial charge in [0.25, 0.3) is 0 Å². The Morgan fingerprint density at radius 3 is 2.00 bits per heavy atom. The van der Waals surface area contributed by atoms with E-state index in [4.69, 9.17) is 19.7 Å². The highest BCUT2D eigenvalue weighted by atomic mass is 79.9. The monoisotopic (exact) mass is 467 g/mol. The number of fused-ring (bicyclic) bond motifs is 2. The Bertz CT molecular complexity index is 1250. The normalized spacial score (nSPS) is 10.2. The highest BCUT2D eigenvalue weighted by molar-refractivity contribution is 9.08. The first-order valence-corrected chi connectivity index (χ1v) is 10.3. The van der Waals surface area contributed by atoms with Crippen LogP contribution in [0.2, 0.25) is 0 Å². The minimum Gasteiger partial charge on any atom is -0.506 e. The molecular formula is C23H22BrN3O3. The highest BCUT2D eigenvalue weighted by Gasteiger charge is 1.98. The van der Waals surface area contributed by atoms with E-state index in [1.807, 2.05) is 56.3 Å². The number of hydrogen-bond acceptors (Lipinski definition) is 6. The zero-order chi connectivity index (χ0) is 21.5. The van der Waals surface area contributed by atoms with Crippen molar-refractivity contribution >= 4 is 43.8 Å². The third-order valence-electron chi connectivity index (χ3n) is 4.22. The Morgan fingerprint density at radius 1 is 0.833 bits per heavy atom. The van der Waals surface area contributed by atoms with Crippen molar-refractivity contribution in [3.05, 3.63) is 84.1 Å². The van der Waals surface area contributed by atoms with Gasteiger partial charge in [-0.15, -0.1) is 0 Å². The molecule has 0 saturated carbocycles. The number of hydrogen-bond donors (Lipinski definition) is 2. The van der Waals surface area contributed by atoms with E-state index in [-0.39, 0.29) is 5.75 Å². The van der Waals surface area contributed by atoms with Crippen LogP contribution in [0.15, 0.2) is 76.2 Å². The summed E-state index contributed by atoms with van der Waals surface area (Å²) in [6, 6.07) is 17.0. The largest absolute Gasteiger partial charge is 0.506 e. The van der Waals surface area contributed by atoms with Crippen LogP contribution >= 0.6 is 15.9 Å². The molecule has 154 valence electrons. The summed E-state index contributed by atoms with van der Waals surface area (Å²) in [4.78, 5) is 8.05. The van der Waals surface area contributed by atoms with Gasteiger partial charge in [-0.05, 0) is 66.9 Å². The van der Waals surface area contributed by atoms with Crippen molar-refractivity contribution in [3.8, 4) is 5.75 Å². The first-order valence-electron chi connectivity index (χ1n) is 9.19. The standard InChI is InChI=1S/C8H6BrNO.C8H7NO.C7H9NO/c9-4-6-1-2-8-7(3-6)10-5-11-8;1-6-2-3-8-7(4-6)9-5-10-8;1-5-2-3-7(9)6(8)4-5/h1-3,5H,4H2;2-5H,1H3;2-4,9H,8H2,1H3. The molecule has 0 amide bonds. The number of nitrogen functional groups attached to an aromatic ring is 1. The van der Waals surface area contributed by atoms with E-state index in [1.165, 1.54) is 23.9 Å². The summed E-state index contributed by atoms with van der Waals surface area (Å²) in [5.74, 6) is 0.153. The SMILES string of the molecule is BrCc1ccc2ocnc2c1.Cc1ccc(O)c(N)c1.Cc1ccc2ocnc2c1. The first-order chi connectivity index (χ1) is 14.5.